The van der Waals surface area contributed by atoms with Crippen LogP contribution >= 0.6 is 0 Å². The zero-order chi connectivity index (χ0) is 15.2. The second kappa shape index (κ2) is 7.22. The number of nitrogens with one attached hydrogen (secondary N) is 1. The Hall–Kier alpha value is -1.88. The van der Waals surface area contributed by atoms with Crippen molar-refractivity contribution in [3.05, 3.63) is 59.2 Å². The van der Waals surface area contributed by atoms with Gasteiger partial charge in [0.05, 0.1) is 6.04 Å². The van der Waals surface area contributed by atoms with Crippen LogP contribution in [0.1, 0.15) is 36.3 Å². The van der Waals surface area contributed by atoms with Crippen LogP contribution in [0.25, 0.3) is 0 Å². The SMILES string of the molecule is CCCNC(Cc1c(F)cccc1F)c1ncc(C)cn1. The average Bonchev–Trinajstić information content (AvgIpc) is 2.47. The van der Waals surface area contributed by atoms with E-state index in [-0.39, 0.29) is 18.0 Å². The van der Waals surface area contributed by atoms with E-state index in [2.05, 4.69) is 15.3 Å². The van der Waals surface area contributed by atoms with Gasteiger partial charge < -0.3 is 5.32 Å². The van der Waals surface area contributed by atoms with Gasteiger partial charge in [0.1, 0.15) is 17.5 Å². The summed E-state index contributed by atoms with van der Waals surface area (Å²) in [6.45, 7) is 4.66. The molecular formula is C16H19F2N3. The topological polar surface area (TPSA) is 37.8 Å². The van der Waals surface area contributed by atoms with Gasteiger partial charge in [0.2, 0.25) is 0 Å². The number of halogens is 2. The molecule has 1 aromatic carbocycles. The summed E-state index contributed by atoms with van der Waals surface area (Å²) < 4.78 is 27.6. The Balaban J connectivity index is 2.26. The lowest BCUT2D eigenvalue weighted by atomic mass is 10.0. The molecule has 1 atom stereocenters. The number of aryl methyl sites for hydroxylation is 1. The first kappa shape index (κ1) is 15.5. The molecular weight excluding hydrogens is 272 g/mol. The summed E-state index contributed by atoms with van der Waals surface area (Å²) in [5, 5.41) is 3.25. The molecule has 0 fully saturated rings. The van der Waals surface area contributed by atoms with Crippen LogP contribution in [0.4, 0.5) is 8.78 Å². The summed E-state index contributed by atoms with van der Waals surface area (Å²) in [7, 11) is 0. The van der Waals surface area contributed by atoms with Crippen molar-refractivity contribution < 1.29 is 8.78 Å². The van der Waals surface area contributed by atoms with E-state index < -0.39 is 11.6 Å². The van der Waals surface area contributed by atoms with Gasteiger partial charge in [-0.05, 0) is 37.6 Å². The largest absolute Gasteiger partial charge is 0.307 e. The molecule has 1 heterocycles. The first-order valence-electron chi connectivity index (χ1n) is 7.06. The average molecular weight is 291 g/mol. The standard InChI is InChI=1S/C16H19F2N3/c1-3-7-19-15(16-20-9-11(2)10-21-16)8-12-13(17)5-4-6-14(12)18/h4-6,9-10,15,19H,3,7-8H2,1-2H3. The maximum absolute atomic E-state index is 13.8. The van der Waals surface area contributed by atoms with Crippen molar-refractivity contribution in [1.82, 2.24) is 15.3 Å². The fourth-order valence-corrected chi connectivity index (χ4v) is 2.09. The van der Waals surface area contributed by atoms with Gasteiger partial charge in [0, 0.05) is 24.4 Å². The predicted molar refractivity (Wildman–Crippen MR) is 77.9 cm³/mol. The Bertz CT molecular complexity index is 564. The first-order valence-corrected chi connectivity index (χ1v) is 7.06. The number of nitrogens with zero attached hydrogens (tertiary/aromatic N) is 2. The molecule has 0 spiro atoms. The van der Waals surface area contributed by atoms with Crippen molar-refractivity contribution in [1.29, 1.82) is 0 Å². The molecule has 0 bridgehead atoms. The minimum absolute atomic E-state index is 0.0651. The molecule has 5 heteroatoms. The molecule has 0 aliphatic heterocycles. The molecule has 1 unspecified atom stereocenters. The van der Waals surface area contributed by atoms with Crippen molar-refractivity contribution in [3.63, 3.8) is 0 Å². The Labute approximate surface area is 123 Å². The Morgan fingerprint density at radius 1 is 1.14 bits per heavy atom. The van der Waals surface area contributed by atoms with Crippen molar-refractivity contribution in [2.75, 3.05) is 6.54 Å². The van der Waals surface area contributed by atoms with Gasteiger partial charge in [0.25, 0.3) is 0 Å². The van der Waals surface area contributed by atoms with Crippen LogP contribution in [0, 0.1) is 18.6 Å². The lowest BCUT2D eigenvalue weighted by molar-refractivity contribution is 0.473. The molecule has 21 heavy (non-hydrogen) atoms. The van der Waals surface area contributed by atoms with E-state index in [9.17, 15) is 8.78 Å². The number of hydrogen-bond acceptors (Lipinski definition) is 3. The zero-order valence-corrected chi connectivity index (χ0v) is 12.2. The van der Waals surface area contributed by atoms with Crippen molar-refractivity contribution in [2.45, 2.75) is 32.7 Å². The second-order valence-corrected chi connectivity index (χ2v) is 5.03. The molecule has 0 saturated carbocycles. The van der Waals surface area contributed by atoms with E-state index >= 15 is 0 Å². The molecule has 1 aromatic heterocycles. The second-order valence-electron chi connectivity index (χ2n) is 5.03. The number of rotatable bonds is 6. The van der Waals surface area contributed by atoms with Crippen molar-refractivity contribution >= 4 is 0 Å². The fraction of sp³-hybridized carbons (Fsp3) is 0.375. The van der Waals surface area contributed by atoms with E-state index in [4.69, 9.17) is 0 Å². The van der Waals surface area contributed by atoms with E-state index in [0.29, 0.717) is 5.82 Å². The van der Waals surface area contributed by atoms with Crippen LogP contribution in [-0.2, 0) is 6.42 Å². The van der Waals surface area contributed by atoms with Gasteiger partial charge >= 0.3 is 0 Å². The van der Waals surface area contributed by atoms with Crippen LogP contribution in [-0.4, -0.2) is 16.5 Å². The van der Waals surface area contributed by atoms with Gasteiger partial charge in [-0.25, -0.2) is 18.7 Å². The first-order chi connectivity index (χ1) is 10.1. The van der Waals surface area contributed by atoms with E-state index in [1.54, 1.807) is 12.4 Å². The summed E-state index contributed by atoms with van der Waals surface area (Å²) >= 11 is 0. The molecule has 2 aromatic rings. The molecule has 0 aliphatic carbocycles. The smallest absolute Gasteiger partial charge is 0.145 e. The van der Waals surface area contributed by atoms with E-state index in [1.165, 1.54) is 18.2 Å². The van der Waals surface area contributed by atoms with Crippen LogP contribution in [0.5, 0.6) is 0 Å². The minimum atomic E-state index is -0.537. The van der Waals surface area contributed by atoms with E-state index in [0.717, 1.165) is 18.5 Å². The third-order valence-corrected chi connectivity index (χ3v) is 3.22. The molecule has 3 nitrogen and oxygen atoms in total. The Morgan fingerprint density at radius 2 is 1.76 bits per heavy atom. The lowest BCUT2D eigenvalue weighted by Gasteiger charge is -2.18. The molecule has 112 valence electrons. The Kier molecular flexibility index (Phi) is 5.33. The highest BCUT2D eigenvalue weighted by molar-refractivity contribution is 5.22. The summed E-state index contributed by atoms with van der Waals surface area (Å²) in [5.41, 5.74) is 1.01. The third-order valence-electron chi connectivity index (χ3n) is 3.22. The highest BCUT2D eigenvalue weighted by atomic mass is 19.1. The maximum Gasteiger partial charge on any atom is 0.145 e. The van der Waals surface area contributed by atoms with Gasteiger partial charge in [-0.1, -0.05) is 13.0 Å². The van der Waals surface area contributed by atoms with Crippen LogP contribution in [0.2, 0.25) is 0 Å². The van der Waals surface area contributed by atoms with Gasteiger partial charge in [0.15, 0.2) is 0 Å². The number of hydrogen-bond donors (Lipinski definition) is 1. The highest BCUT2D eigenvalue weighted by Gasteiger charge is 2.19. The van der Waals surface area contributed by atoms with Crippen LogP contribution in [0.15, 0.2) is 30.6 Å². The van der Waals surface area contributed by atoms with Gasteiger partial charge in [-0.2, -0.15) is 0 Å². The monoisotopic (exact) mass is 291 g/mol. The van der Waals surface area contributed by atoms with Crippen molar-refractivity contribution in [3.8, 4) is 0 Å². The summed E-state index contributed by atoms with van der Waals surface area (Å²) in [5.74, 6) is -0.521. The number of benzene rings is 1. The molecule has 0 saturated heterocycles. The summed E-state index contributed by atoms with van der Waals surface area (Å²) in [6.07, 6.45) is 4.52. The molecule has 0 radical (unpaired) electrons. The van der Waals surface area contributed by atoms with Gasteiger partial charge in [-0.15, -0.1) is 0 Å². The highest BCUT2D eigenvalue weighted by Crippen LogP contribution is 2.20. The minimum Gasteiger partial charge on any atom is -0.307 e. The third kappa shape index (κ3) is 4.04. The van der Waals surface area contributed by atoms with Crippen LogP contribution in [0.3, 0.4) is 0 Å². The lowest BCUT2D eigenvalue weighted by Crippen LogP contribution is -2.26. The molecule has 0 amide bonds. The zero-order valence-electron chi connectivity index (χ0n) is 12.2. The van der Waals surface area contributed by atoms with Crippen molar-refractivity contribution in [2.24, 2.45) is 0 Å². The number of aromatic nitrogens is 2. The van der Waals surface area contributed by atoms with E-state index in [1.807, 2.05) is 13.8 Å². The molecule has 1 N–H and O–H groups in total. The molecule has 2 rings (SSSR count). The Morgan fingerprint density at radius 3 is 2.33 bits per heavy atom. The molecule has 0 aliphatic rings. The summed E-state index contributed by atoms with van der Waals surface area (Å²) in [6, 6.07) is 3.60. The summed E-state index contributed by atoms with van der Waals surface area (Å²) in [4.78, 5) is 8.54. The van der Waals surface area contributed by atoms with Crippen LogP contribution < -0.4 is 5.32 Å². The maximum atomic E-state index is 13.8. The predicted octanol–water partition coefficient (Wildman–Crippen LogP) is 3.35. The fourth-order valence-electron chi connectivity index (χ4n) is 2.09. The van der Waals surface area contributed by atoms with Gasteiger partial charge in [-0.3, -0.25) is 0 Å². The normalized spacial score (nSPS) is 12.4. The quantitative estimate of drug-likeness (QED) is 0.887.